The maximum Gasteiger partial charge on any atom is 0.267 e. The molecule has 2 aromatic carbocycles. The molecule has 0 bridgehead atoms. The molecule has 1 aromatic heterocycles. The van der Waals surface area contributed by atoms with Gasteiger partial charge >= 0.3 is 0 Å². The summed E-state index contributed by atoms with van der Waals surface area (Å²) in [5.41, 5.74) is 2.40. The van der Waals surface area contributed by atoms with E-state index in [1.807, 2.05) is 42.5 Å². The number of nitrogens with one attached hydrogen (secondary N) is 1. The van der Waals surface area contributed by atoms with Crippen molar-refractivity contribution in [3.05, 3.63) is 82.6 Å². The number of carbonyl (C=O) groups excluding carboxylic acids is 1. The van der Waals surface area contributed by atoms with Gasteiger partial charge in [-0.1, -0.05) is 30.3 Å². The number of hydrogen-bond acceptors (Lipinski definition) is 4. The van der Waals surface area contributed by atoms with Crippen LogP contribution in [0.3, 0.4) is 0 Å². The Labute approximate surface area is 163 Å². The first-order chi connectivity index (χ1) is 13.7. The van der Waals surface area contributed by atoms with E-state index < -0.39 is 0 Å². The predicted octanol–water partition coefficient (Wildman–Crippen LogP) is 2.67. The Bertz CT molecular complexity index is 966. The number of nitrogens with zero attached hydrogens (tertiary/aromatic N) is 2. The van der Waals surface area contributed by atoms with Gasteiger partial charge in [0.2, 0.25) is 5.91 Å². The first-order valence-electron chi connectivity index (χ1n) is 9.19. The monoisotopic (exact) mass is 377 g/mol. The number of hydrogen-bond donors (Lipinski definition) is 1. The minimum atomic E-state index is -0.309. The van der Waals surface area contributed by atoms with Gasteiger partial charge in [0.1, 0.15) is 12.3 Å². The molecule has 3 rings (SSSR count). The molecule has 0 aliphatic carbocycles. The van der Waals surface area contributed by atoms with Crippen molar-refractivity contribution in [1.82, 2.24) is 15.1 Å². The summed E-state index contributed by atoms with van der Waals surface area (Å²) >= 11 is 0. The summed E-state index contributed by atoms with van der Waals surface area (Å²) < 4.78 is 6.33. The Kier molecular flexibility index (Phi) is 6.57. The van der Waals surface area contributed by atoms with E-state index in [0.29, 0.717) is 12.2 Å². The number of rotatable bonds is 8. The van der Waals surface area contributed by atoms with E-state index in [1.54, 1.807) is 13.2 Å². The van der Waals surface area contributed by atoms with Crippen molar-refractivity contribution in [2.45, 2.75) is 19.4 Å². The highest BCUT2D eigenvalue weighted by Gasteiger charge is 2.08. The third-order valence-corrected chi connectivity index (χ3v) is 4.35. The lowest BCUT2D eigenvalue weighted by atomic mass is 10.1. The molecule has 1 N–H and O–H groups in total. The molecule has 0 spiro atoms. The van der Waals surface area contributed by atoms with Gasteiger partial charge in [-0.05, 0) is 48.7 Å². The molecule has 0 saturated heterocycles. The average Bonchev–Trinajstić information content (AvgIpc) is 2.74. The number of aromatic nitrogens is 2. The van der Waals surface area contributed by atoms with Crippen LogP contribution in [0.25, 0.3) is 11.3 Å². The van der Waals surface area contributed by atoms with Crippen LogP contribution < -0.4 is 15.6 Å². The molecule has 28 heavy (non-hydrogen) atoms. The second kappa shape index (κ2) is 9.50. The molecular weight excluding hydrogens is 354 g/mol. The van der Waals surface area contributed by atoms with Crippen LogP contribution >= 0.6 is 0 Å². The second-order valence-electron chi connectivity index (χ2n) is 6.38. The molecular formula is C22H23N3O3. The Hall–Kier alpha value is -3.41. The quantitative estimate of drug-likeness (QED) is 0.613. The van der Waals surface area contributed by atoms with E-state index in [9.17, 15) is 9.59 Å². The molecule has 0 saturated carbocycles. The molecule has 0 fully saturated rings. The SMILES string of the molecule is COc1ccc(-c2ccc(=O)n(CC(=O)NCCCc3ccccc3)n2)cc1. The number of ether oxygens (including phenoxy) is 1. The fourth-order valence-electron chi connectivity index (χ4n) is 2.83. The van der Waals surface area contributed by atoms with E-state index in [-0.39, 0.29) is 18.0 Å². The van der Waals surface area contributed by atoms with Crippen molar-refractivity contribution in [3.63, 3.8) is 0 Å². The molecule has 6 heteroatoms. The zero-order valence-corrected chi connectivity index (χ0v) is 15.8. The highest BCUT2D eigenvalue weighted by molar-refractivity contribution is 5.75. The van der Waals surface area contributed by atoms with E-state index in [0.717, 1.165) is 24.2 Å². The van der Waals surface area contributed by atoms with Crippen molar-refractivity contribution < 1.29 is 9.53 Å². The van der Waals surface area contributed by atoms with Crippen LogP contribution in [0.1, 0.15) is 12.0 Å². The van der Waals surface area contributed by atoms with Crippen LogP contribution in [0.5, 0.6) is 5.75 Å². The standard InChI is InChI=1S/C22H23N3O3/c1-28-19-11-9-18(10-12-19)20-13-14-22(27)25(24-20)16-21(26)23-15-5-8-17-6-3-2-4-7-17/h2-4,6-7,9-14H,5,8,15-16H2,1H3,(H,23,26). The van der Waals surface area contributed by atoms with E-state index in [2.05, 4.69) is 22.5 Å². The largest absolute Gasteiger partial charge is 0.497 e. The third-order valence-electron chi connectivity index (χ3n) is 4.35. The van der Waals surface area contributed by atoms with Gasteiger partial charge in [-0.2, -0.15) is 5.10 Å². The van der Waals surface area contributed by atoms with Crippen LogP contribution in [0.2, 0.25) is 0 Å². The molecule has 3 aromatic rings. The Balaban J connectivity index is 1.56. The van der Waals surface area contributed by atoms with Crippen molar-refractivity contribution in [2.75, 3.05) is 13.7 Å². The van der Waals surface area contributed by atoms with Crippen molar-refractivity contribution >= 4 is 5.91 Å². The minimum Gasteiger partial charge on any atom is -0.497 e. The van der Waals surface area contributed by atoms with Gasteiger partial charge in [0.05, 0.1) is 12.8 Å². The fraction of sp³-hybridized carbons (Fsp3) is 0.227. The summed E-state index contributed by atoms with van der Waals surface area (Å²) in [4.78, 5) is 24.2. The normalized spacial score (nSPS) is 10.5. The molecule has 0 aliphatic heterocycles. The summed E-state index contributed by atoms with van der Waals surface area (Å²) in [5, 5.41) is 7.16. The summed E-state index contributed by atoms with van der Waals surface area (Å²) in [6.07, 6.45) is 1.73. The van der Waals surface area contributed by atoms with Gasteiger partial charge in [-0.25, -0.2) is 4.68 Å². The van der Waals surface area contributed by atoms with Crippen molar-refractivity contribution in [2.24, 2.45) is 0 Å². The van der Waals surface area contributed by atoms with Gasteiger partial charge in [0, 0.05) is 18.2 Å². The molecule has 1 amide bonds. The topological polar surface area (TPSA) is 73.2 Å². The molecule has 0 atom stereocenters. The number of benzene rings is 2. The second-order valence-corrected chi connectivity index (χ2v) is 6.38. The van der Waals surface area contributed by atoms with Gasteiger partial charge in [-0.3, -0.25) is 9.59 Å². The van der Waals surface area contributed by atoms with Crippen LogP contribution in [0, 0.1) is 0 Å². The summed E-state index contributed by atoms with van der Waals surface area (Å²) in [5.74, 6) is 0.515. The van der Waals surface area contributed by atoms with Gasteiger partial charge in [0.15, 0.2) is 0 Å². The molecule has 6 nitrogen and oxygen atoms in total. The summed E-state index contributed by atoms with van der Waals surface area (Å²) in [7, 11) is 1.60. The number of carbonyl (C=O) groups is 1. The number of aryl methyl sites for hydroxylation is 1. The lowest BCUT2D eigenvalue weighted by Gasteiger charge is -2.09. The van der Waals surface area contributed by atoms with E-state index in [4.69, 9.17) is 4.74 Å². The average molecular weight is 377 g/mol. The molecule has 0 radical (unpaired) electrons. The summed E-state index contributed by atoms with van der Waals surface area (Å²) in [6.45, 7) is 0.453. The molecule has 0 unspecified atom stereocenters. The first-order valence-corrected chi connectivity index (χ1v) is 9.19. The predicted molar refractivity (Wildman–Crippen MR) is 108 cm³/mol. The maximum atomic E-state index is 12.2. The van der Waals surface area contributed by atoms with Gasteiger partial charge < -0.3 is 10.1 Å². The summed E-state index contributed by atoms with van der Waals surface area (Å²) in [6, 6.07) is 20.6. The van der Waals surface area contributed by atoms with Gasteiger partial charge in [0.25, 0.3) is 5.56 Å². The molecule has 144 valence electrons. The van der Waals surface area contributed by atoms with Crippen LogP contribution in [0.15, 0.2) is 71.5 Å². The number of amides is 1. The Morgan fingerprint density at radius 2 is 1.79 bits per heavy atom. The zero-order chi connectivity index (χ0) is 19.8. The Morgan fingerprint density at radius 1 is 1.04 bits per heavy atom. The highest BCUT2D eigenvalue weighted by atomic mass is 16.5. The van der Waals surface area contributed by atoms with Gasteiger partial charge in [-0.15, -0.1) is 0 Å². The minimum absolute atomic E-state index is 0.103. The lowest BCUT2D eigenvalue weighted by Crippen LogP contribution is -2.34. The van der Waals surface area contributed by atoms with E-state index in [1.165, 1.54) is 16.3 Å². The van der Waals surface area contributed by atoms with Crippen LogP contribution in [0.4, 0.5) is 0 Å². The zero-order valence-electron chi connectivity index (χ0n) is 15.8. The Morgan fingerprint density at radius 3 is 2.50 bits per heavy atom. The number of methoxy groups -OCH3 is 1. The van der Waals surface area contributed by atoms with E-state index >= 15 is 0 Å². The first kappa shape index (κ1) is 19.4. The van der Waals surface area contributed by atoms with Crippen LogP contribution in [-0.2, 0) is 17.8 Å². The fourth-order valence-corrected chi connectivity index (χ4v) is 2.83. The third kappa shape index (κ3) is 5.30. The smallest absolute Gasteiger partial charge is 0.267 e. The lowest BCUT2D eigenvalue weighted by molar-refractivity contribution is -0.121. The molecule has 1 heterocycles. The van der Waals surface area contributed by atoms with Crippen LogP contribution in [-0.4, -0.2) is 29.3 Å². The van der Waals surface area contributed by atoms with Crippen molar-refractivity contribution in [3.8, 4) is 17.0 Å². The maximum absolute atomic E-state index is 12.2. The molecule has 0 aliphatic rings. The highest BCUT2D eigenvalue weighted by Crippen LogP contribution is 2.19. The van der Waals surface area contributed by atoms with Crippen molar-refractivity contribution in [1.29, 1.82) is 0 Å².